The molecule has 0 radical (unpaired) electrons. The fourth-order valence-corrected chi connectivity index (χ4v) is 5.69. The van der Waals surface area contributed by atoms with Crippen LogP contribution >= 0.6 is 0 Å². The van der Waals surface area contributed by atoms with E-state index in [1.54, 1.807) is 6.07 Å². The van der Waals surface area contributed by atoms with E-state index in [1.807, 2.05) is 44.5 Å². The van der Waals surface area contributed by atoms with Crippen molar-refractivity contribution in [1.29, 1.82) is 0 Å². The van der Waals surface area contributed by atoms with Crippen LogP contribution in [-0.2, 0) is 0 Å². The minimum absolute atomic E-state index is 0.0173. The molecule has 10 heteroatoms. The molecule has 0 bridgehead atoms. The van der Waals surface area contributed by atoms with Gasteiger partial charge in [0.2, 0.25) is 5.95 Å². The van der Waals surface area contributed by atoms with E-state index in [9.17, 15) is 4.39 Å². The topological polar surface area (TPSA) is 83.3 Å². The maximum atomic E-state index is 15.0. The number of nitrogens with zero attached hydrogens (tertiary/aromatic N) is 6. The van der Waals surface area contributed by atoms with E-state index in [1.165, 1.54) is 11.6 Å². The Balaban J connectivity index is 1.58. The zero-order chi connectivity index (χ0) is 29.0. The number of halogens is 2. The number of benzene rings is 1. The molecule has 1 saturated heterocycles. The Morgan fingerprint density at radius 2 is 1.90 bits per heavy atom. The van der Waals surface area contributed by atoms with Crippen LogP contribution in [0, 0.1) is 24.5 Å². The summed E-state index contributed by atoms with van der Waals surface area (Å²) in [5.74, 6) is 0.608. The zero-order valence-electron chi connectivity index (χ0n) is 24.3. The van der Waals surface area contributed by atoms with Gasteiger partial charge in [-0.15, -0.1) is 0 Å². The van der Waals surface area contributed by atoms with Gasteiger partial charge >= 0.3 is 0 Å². The number of aromatic nitrogens is 4. The van der Waals surface area contributed by atoms with Crippen molar-refractivity contribution < 1.29 is 8.78 Å². The fourth-order valence-electron chi connectivity index (χ4n) is 5.69. The van der Waals surface area contributed by atoms with Gasteiger partial charge in [0.15, 0.2) is 11.6 Å². The number of hydrogen-bond donors (Lipinski definition) is 2. The van der Waals surface area contributed by atoms with Gasteiger partial charge in [0.1, 0.15) is 22.9 Å². The summed E-state index contributed by atoms with van der Waals surface area (Å²) in [6.45, 7) is 17.1. The Morgan fingerprint density at radius 1 is 1.18 bits per heavy atom. The molecule has 3 aromatic rings. The van der Waals surface area contributed by atoms with E-state index in [0.29, 0.717) is 28.6 Å². The number of imidazole rings is 1. The highest BCUT2D eigenvalue weighted by Gasteiger charge is 2.26. The number of hydrogen-bond acceptors (Lipinski definition) is 7. The number of aliphatic imine (C=N–C) groups is 1. The molecule has 8 nitrogen and oxygen atoms in total. The van der Waals surface area contributed by atoms with E-state index in [2.05, 4.69) is 56.0 Å². The lowest BCUT2D eigenvalue weighted by atomic mass is 9.85. The molecule has 2 N–H and O–H groups in total. The number of fused-ring (bicyclic) bond motifs is 1. The first-order valence-electron chi connectivity index (χ1n) is 13.9. The molecule has 0 saturated carbocycles. The van der Waals surface area contributed by atoms with Crippen molar-refractivity contribution in [1.82, 2.24) is 29.7 Å². The first-order chi connectivity index (χ1) is 19.2. The predicted molar refractivity (Wildman–Crippen MR) is 158 cm³/mol. The Kier molecular flexibility index (Phi) is 9.42. The monoisotopic (exact) mass is 550 g/mol. The summed E-state index contributed by atoms with van der Waals surface area (Å²) in [6.07, 6.45) is 7.19. The van der Waals surface area contributed by atoms with E-state index < -0.39 is 11.6 Å². The van der Waals surface area contributed by atoms with Crippen molar-refractivity contribution in [2.45, 2.75) is 59.5 Å². The van der Waals surface area contributed by atoms with Crippen molar-refractivity contribution in [3.8, 4) is 11.3 Å². The Hall–Kier alpha value is -3.50. The smallest absolute Gasteiger partial charge is 0.229 e. The number of likely N-dealkylation sites (N-methyl/N-ethyl adjacent to an activating group) is 1. The van der Waals surface area contributed by atoms with Gasteiger partial charge in [-0.3, -0.25) is 0 Å². The molecule has 1 aliphatic rings. The maximum Gasteiger partial charge on any atom is 0.229 e. The molecule has 1 unspecified atom stereocenters. The Morgan fingerprint density at radius 3 is 2.52 bits per heavy atom. The summed E-state index contributed by atoms with van der Waals surface area (Å²) in [7, 11) is 1.99. The van der Waals surface area contributed by atoms with Crippen LogP contribution in [0.1, 0.15) is 52.4 Å². The first kappa shape index (κ1) is 29.5. The van der Waals surface area contributed by atoms with Gasteiger partial charge < -0.3 is 20.1 Å². The number of aryl methyl sites for hydroxylation is 1. The van der Waals surface area contributed by atoms with E-state index in [-0.39, 0.29) is 29.2 Å². The Labute approximate surface area is 235 Å². The number of piperidine rings is 1. The summed E-state index contributed by atoms with van der Waals surface area (Å²) in [5, 5.41) is 6.49. The largest absolute Gasteiger partial charge is 0.326 e. The lowest BCUT2D eigenvalue weighted by molar-refractivity contribution is 0.175. The van der Waals surface area contributed by atoms with Gasteiger partial charge in [-0.2, -0.15) is 0 Å². The summed E-state index contributed by atoms with van der Waals surface area (Å²) in [5.41, 5.74) is 2.30. The number of anilines is 1. The highest BCUT2D eigenvalue weighted by Crippen LogP contribution is 2.30. The summed E-state index contributed by atoms with van der Waals surface area (Å²) in [6, 6.07) is 3.28. The third-order valence-electron chi connectivity index (χ3n) is 7.73. The zero-order valence-corrected chi connectivity index (χ0v) is 24.3. The average molecular weight is 551 g/mol. The van der Waals surface area contributed by atoms with Crippen molar-refractivity contribution in [3.05, 3.63) is 59.3 Å². The fraction of sp³-hybridized carbons (Fsp3) is 0.467. The molecule has 0 aliphatic carbocycles. The highest BCUT2D eigenvalue weighted by atomic mass is 19.1. The lowest BCUT2D eigenvalue weighted by Crippen LogP contribution is -2.42. The third kappa shape index (κ3) is 6.28. The van der Waals surface area contributed by atoms with Crippen LogP contribution < -0.4 is 10.6 Å². The van der Waals surface area contributed by atoms with Crippen LogP contribution in [0.4, 0.5) is 14.7 Å². The molecule has 0 spiro atoms. The minimum atomic E-state index is -0.657. The molecular formula is C30H40F2N8. The van der Waals surface area contributed by atoms with Gasteiger partial charge in [0.25, 0.3) is 0 Å². The second-order valence-electron chi connectivity index (χ2n) is 10.6. The average Bonchev–Trinajstić information content (AvgIpc) is 3.29. The van der Waals surface area contributed by atoms with Gasteiger partial charge in [-0.1, -0.05) is 18.6 Å². The molecule has 4 rings (SSSR count). The van der Waals surface area contributed by atoms with E-state index in [0.717, 1.165) is 38.7 Å². The lowest BCUT2D eigenvalue weighted by Gasteiger charge is -2.36. The van der Waals surface area contributed by atoms with Crippen molar-refractivity contribution >= 4 is 23.7 Å². The molecule has 1 fully saturated rings. The predicted octanol–water partition coefficient (Wildman–Crippen LogP) is 5.88. The van der Waals surface area contributed by atoms with E-state index in [4.69, 9.17) is 0 Å². The minimum Gasteiger partial charge on any atom is -0.326 e. The van der Waals surface area contributed by atoms with Crippen LogP contribution in [0.3, 0.4) is 0 Å². The quantitative estimate of drug-likeness (QED) is 0.242. The number of nitrogens with one attached hydrogen (secondary N) is 2. The van der Waals surface area contributed by atoms with Crippen molar-refractivity contribution in [3.63, 3.8) is 0 Å². The van der Waals surface area contributed by atoms with Crippen LogP contribution in [0.15, 0.2) is 46.9 Å². The molecule has 1 atom stereocenters. The van der Waals surface area contributed by atoms with Crippen LogP contribution in [-0.4, -0.2) is 63.9 Å². The van der Waals surface area contributed by atoms with Gasteiger partial charge in [0, 0.05) is 17.6 Å². The Bertz CT molecular complexity index is 1420. The summed E-state index contributed by atoms with van der Waals surface area (Å²) >= 11 is 0. The van der Waals surface area contributed by atoms with E-state index >= 15 is 4.39 Å². The molecule has 40 heavy (non-hydrogen) atoms. The molecule has 214 valence electrons. The summed E-state index contributed by atoms with van der Waals surface area (Å²) < 4.78 is 31.9. The maximum absolute atomic E-state index is 15.0. The van der Waals surface area contributed by atoms with Gasteiger partial charge in [-0.05, 0) is 98.1 Å². The standard InChI is InChI=1S/C30H40F2N8/c1-8-39-13-11-21(12-14-39)27(34-7)19(4)9-10-26(33-6)37-30-35-17-24(32)28(38-30)22-15-23(31)29-25(16-22)40(18(2)3)20(5)36-29/h9-10,15-18,21,27,34H,6,8,11-14H2,1-5,7H3,(H,35,37,38)/b19-9+,26-10+. The van der Waals surface area contributed by atoms with Crippen molar-refractivity contribution in [2.75, 3.05) is 32.0 Å². The third-order valence-corrected chi connectivity index (χ3v) is 7.73. The van der Waals surface area contributed by atoms with Crippen molar-refractivity contribution in [2.24, 2.45) is 10.9 Å². The first-order valence-corrected chi connectivity index (χ1v) is 13.9. The highest BCUT2D eigenvalue weighted by molar-refractivity contribution is 5.83. The van der Waals surface area contributed by atoms with Gasteiger partial charge in [0.05, 0.1) is 11.7 Å². The molecule has 2 aromatic heterocycles. The number of allylic oxidation sites excluding steroid dienone is 2. The SMILES string of the molecule is C=N/C(=C\C=C(/C)C(NC)C1CCN(CC)CC1)Nc1ncc(F)c(-c2cc(F)c3nc(C)n(C(C)C)c3c2)n1. The van der Waals surface area contributed by atoms with Crippen LogP contribution in [0.25, 0.3) is 22.3 Å². The number of rotatable bonds is 10. The molecule has 3 heterocycles. The summed E-state index contributed by atoms with van der Waals surface area (Å²) in [4.78, 5) is 19.4. The number of likely N-dealkylation sites (tertiary alicyclic amines) is 1. The molecule has 1 aliphatic heterocycles. The van der Waals surface area contributed by atoms with Crippen LogP contribution in [0.2, 0.25) is 0 Å². The second-order valence-corrected chi connectivity index (χ2v) is 10.6. The molecule has 0 amide bonds. The second kappa shape index (κ2) is 12.8. The molecular weight excluding hydrogens is 510 g/mol. The normalized spacial score (nSPS) is 16.6. The molecule has 1 aromatic carbocycles. The van der Waals surface area contributed by atoms with Gasteiger partial charge in [-0.25, -0.2) is 28.7 Å². The van der Waals surface area contributed by atoms with Crippen LogP contribution in [0.5, 0.6) is 0 Å².